The highest BCUT2D eigenvalue weighted by Crippen LogP contribution is 1.96. The summed E-state index contributed by atoms with van der Waals surface area (Å²) >= 11 is 0. The molecule has 0 saturated carbocycles. The van der Waals surface area contributed by atoms with Crippen LogP contribution in [0, 0.1) is 0 Å². The van der Waals surface area contributed by atoms with E-state index in [9.17, 15) is 4.79 Å². The van der Waals surface area contributed by atoms with Crippen molar-refractivity contribution < 1.29 is 15.0 Å². The third-order valence-corrected chi connectivity index (χ3v) is 1.15. The van der Waals surface area contributed by atoms with E-state index in [1.165, 1.54) is 12.3 Å². The molecule has 0 unspecified atom stereocenters. The number of nitrogens with zero attached hydrogens (tertiary/aromatic N) is 1. The quantitative estimate of drug-likeness (QED) is 0.447. The molecule has 0 spiro atoms. The lowest BCUT2D eigenvalue weighted by Gasteiger charge is -1.99. The van der Waals surface area contributed by atoms with Crippen LogP contribution in [-0.2, 0) is 0 Å². The van der Waals surface area contributed by atoms with Crippen molar-refractivity contribution in [3.05, 3.63) is 30.1 Å². The van der Waals surface area contributed by atoms with E-state index in [1.807, 2.05) is 0 Å². The molecule has 0 fully saturated rings. The van der Waals surface area contributed by atoms with E-state index in [-0.39, 0.29) is 5.69 Å². The maximum absolute atomic E-state index is 10.8. The number of ketones is 1. The number of rotatable bonds is 2. The Bertz CT molecular complexity index is 245. The van der Waals surface area contributed by atoms with Gasteiger partial charge in [0.25, 0.3) is 0 Å². The lowest BCUT2D eigenvalue weighted by Crippen LogP contribution is -2.20. The van der Waals surface area contributed by atoms with Crippen LogP contribution < -0.4 is 0 Å². The van der Waals surface area contributed by atoms with Crippen molar-refractivity contribution >= 4 is 5.78 Å². The van der Waals surface area contributed by atoms with Gasteiger partial charge in [-0.05, 0) is 12.1 Å². The van der Waals surface area contributed by atoms with Crippen molar-refractivity contribution in [2.24, 2.45) is 0 Å². The average molecular weight is 153 g/mol. The molecule has 0 radical (unpaired) electrons. The monoisotopic (exact) mass is 153 g/mol. The maximum Gasteiger partial charge on any atom is 0.236 e. The number of aliphatic hydroxyl groups is 2. The van der Waals surface area contributed by atoms with Gasteiger partial charge in [-0.25, -0.2) is 0 Å². The Kier molecular flexibility index (Phi) is 2.30. The predicted octanol–water partition coefficient (Wildman–Crippen LogP) is -0.425. The Balaban J connectivity index is 2.86. The molecule has 0 aliphatic rings. The molecular weight excluding hydrogens is 146 g/mol. The number of hydrogen-bond acceptors (Lipinski definition) is 4. The van der Waals surface area contributed by atoms with Gasteiger partial charge in [0.2, 0.25) is 12.1 Å². The average Bonchev–Trinajstić information content (AvgIpc) is 2.05. The second-order valence-corrected chi connectivity index (χ2v) is 1.95. The molecule has 58 valence electrons. The van der Waals surface area contributed by atoms with Crippen molar-refractivity contribution in [2.45, 2.75) is 6.29 Å². The van der Waals surface area contributed by atoms with Gasteiger partial charge in [-0.15, -0.1) is 0 Å². The Morgan fingerprint density at radius 1 is 1.45 bits per heavy atom. The predicted molar refractivity (Wildman–Crippen MR) is 36.8 cm³/mol. The smallest absolute Gasteiger partial charge is 0.236 e. The molecule has 2 N–H and O–H groups in total. The Morgan fingerprint density at radius 2 is 2.18 bits per heavy atom. The molecule has 1 heterocycles. The third kappa shape index (κ3) is 1.83. The SMILES string of the molecule is O=C(c1ccccn1)C(O)O. The van der Waals surface area contributed by atoms with Gasteiger partial charge in [0.05, 0.1) is 0 Å². The van der Waals surface area contributed by atoms with Gasteiger partial charge in [-0.1, -0.05) is 6.07 Å². The highest BCUT2D eigenvalue weighted by molar-refractivity contribution is 5.96. The van der Waals surface area contributed by atoms with Crippen molar-refractivity contribution in [1.29, 1.82) is 0 Å². The topological polar surface area (TPSA) is 70.4 Å². The Hall–Kier alpha value is -1.26. The molecule has 0 aromatic carbocycles. The zero-order valence-electron chi connectivity index (χ0n) is 5.64. The molecule has 1 aromatic rings. The molecule has 0 aliphatic carbocycles. The van der Waals surface area contributed by atoms with Crippen molar-refractivity contribution in [2.75, 3.05) is 0 Å². The molecule has 4 nitrogen and oxygen atoms in total. The minimum atomic E-state index is -1.97. The van der Waals surface area contributed by atoms with E-state index < -0.39 is 12.1 Å². The zero-order chi connectivity index (χ0) is 8.27. The van der Waals surface area contributed by atoms with Crippen molar-refractivity contribution in [3.8, 4) is 0 Å². The Labute approximate surface area is 63.1 Å². The van der Waals surface area contributed by atoms with Gasteiger partial charge in [-0.2, -0.15) is 0 Å². The summed E-state index contributed by atoms with van der Waals surface area (Å²) < 4.78 is 0. The normalized spacial score (nSPS) is 10.1. The standard InChI is InChI=1S/C7H7NO3/c9-6(7(10)11)5-3-1-2-4-8-5/h1-4,7,10-11H. The van der Waals surface area contributed by atoms with Crippen LogP contribution in [0.5, 0.6) is 0 Å². The summed E-state index contributed by atoms with van der Waals surface area (Å²) in [6, 6.07) is 4.66. The first-order chi connectivity index (χ1) is 5.22. The number of aromatic nitrogens is 1. The lowest BCUT2D eigenvalue weighted by molar-refractivity contribution is -0.0198. The molecule has 0 atom stereocenters. The highest BCUT2D eigenvalue weighted by Gasteiger charge is 2.13. The minimum Gasteiger partial charge on any atom is -0.362 e. The van der Waals surface area contributed by atoms with Crippen molar-refractivity contribution in [3.63, 3.8) is 0 Å². The summed E-state index contributed by atoms with van der Waals surface area (Å²) in [6.45, 7) is 0. The maximum atomic E-state index is 10.8. The number of hydrogen-bond donors (Lipinski definition) is 2. The van der Waals surface area contributed by atoms with Gasteiger partial charge < -0.3 is 10.2 Å². The largest absolute Gasteiger partial charge is 0.362 e. The van der Waals surface area contributed by atoms with Crippen LogP contribution in [0.1, 0.15) is 10.5 Å². The van der Waals surface area contributed by atoms with Gasteiger partial charge >= 0.3 is 0 Å². The molecule has 1 aromatic heterocycles. The zero-order valence-corrected chi connectivity index (χ0v) is 5.64. The number of pyridine rings is 1. The molecule has 0 amide bonds. The Morgan fingerprint density at radius 3 is 2.64 bits per heavy atom. The first kappa shape index (κ1) is 7.84. The number of carbonyl (C=O) groups is 1. The van der Waals surface area contributed by atoms with E-state index in [2.05, 4.69) is 4.98 Å². The van der Waals surface area contributed by atoms with Crippen LogP contribution in [0.4, 0.5) is 0 Å². The van der Waals surface area contributed by atoms with Crippen LogP contribution in [0.25, 0.3) is 0 Å². The van der Waals surface area contributed by atoms with Crippen LogP contribution in [0.2, 0.25) is 0 Å². The molecule has 4 heteroatoms. The van der Waals surface area contributed by atoms with Gasteiger partial charge in [0.1, 0.15) is 5.69 Å². The lowest BCUT2D eigenvalue weighted by atomic mass is 10.2. The fourth-order valence-electron chi connectivity index (χ4n) is 0.641. The summed E-state index contributed by atoms with van der Waals surface area (Å²) in [5.74, 6) is -0.786. The summed E-state index contributed by atoms with van der Waals surface area (Å²) in [5.41, 5.74) is 0.0579. The van der Waals surface area contributed by atoms with Gasteiger partial charge in [-0.3, -0.25) is 9.78 Å². The van der Waals surface area contributed by atoms with Crippen molar-refractivity contribution in [1.82, 2.24) is 4.98 Å². The minimum absolute atomic E-state index is 0.0579. The molecule has 1 rings (SSSR count). The molecule has 11 heavy (non-hydrogen) atoms. The van der Waals surface area contributed by atoms with E-state index in [1.54, 1.807) is 12.1 Å². The van der Waals surface area contributed by atoms with E-state index >= 15 is 0 Å². The molecule has 0 bridgehead atoms. The number of Topliss-reactive ketones (excluding diaryl/α,β-unsaturated/α-hetero) is 1. The molecule has 0 saturated heterocycles. The van der Waals surface area contributed by atoms with Gasteiger partial charge in [0, 0.05) is 6.20 Å². The number of carbonyl (C=O) groups excluding carboxylic acids is 1. The van der Waals surface area contributed by atoms with E-state index in [4.69, 9.17) is 10.2 Å². The molecular formula is C7H7NO3. The van der Waals surface area contributed by atoms with E-state index in [0.29, 0.717) is 0 Å². The summed E-state index contributed by atoms with van der Waals surface area (Å²) in [7, 11) is 0. The van der Waals surface area contributed by atoms with Crippen LogP contribution in [0.3, 0.4) is 0 Å². The second-order valence-electron chi connectivity index (χ2n) is 1.95. The van der Waals surface area contributed by atoms with Gasteiger partial charge in [0.15, 0.2) is 0 Å². The third-order valence-electron chi connectivity index (χ3n) is 1.15. The summed E-state index contributed by atoms with van der Waals surface area (Å²) in [5, 5.41) is 16.9. The van der Waals surface area contributed by atoms with Crippen LogP contribution in [0.15, 0.2) is 24.4 Å². The fourth-order valence-corrected chi connectivity index (χ4v) is 0.641. The number of aliphatic hydroxyl groups excluding tert-OH is 1. The van der Waals surface area contributed by atoms with Crippen LogP contribution >= 0.6 is 0 Å². The summed E-state index contributed by atoms with van der Waals surface area (Å²) in [4.78, 5) is 14.4. The first-order valence-electron chi connectivity index (χ1n) is 3.03. The van der Waals surface area contributed by atoms with Crippen LogP contribution in [-0.4, -0.2) is 27.3 Å². The summed E-state index contributed by atoms with van der Waals surface area (Å²) in [6.07, 6.45) is -0.555. The molecule has 0 aliphatic heterocycles. The van der Waals surface area contributed by atoms with E-state index in [0.717, 1.165) is 0 Å². The second kappa shape index (κ2) is 3.23. The fraction of sp³-hybridized carbons (Fsp3) is 0.143. The highest BCUT2D eigenvalue weighted by atomic mass is 16.5. The first-order valence-corrected chi connectivity index (χ1v) is 3.03.